The van der Waals surface area contributed by atoms with E-state index < -0.39 is 0 Å². The highest BCUT2D eigenvalue weighted by Gasteiger charge is 2.42. The predicted molar refractivity (Wildman–Crippen MR) is 78.0 cm³/mol. The van der Waals surface area contributed by atoms with Crippen molar-refractivity contribution in [2.24, 2.45) is 0 Å². The molecule has 19 heavy (non-hydrogen) atoms. The molecule has 1 atom stereocenters. The number of nitrogens with one attached hydrogen (secondary N) is 1. The van der Waals surface area contributed by atoms with E-state index in [1.54, 1.807) is 0 Å². The smallest absolute Gasteiger partial charge is 0.125 e. The fourth-order valence-electron chi connectivity index (χ4n) is 3.26. The number of piperidine rings is 1. The molecule has 1 aromatic carbocycles. The molecule has 0 radical (unpaired) electrons. The first-order valence-corrected chi connectivity index (χ1v) is 7.33. The molecule has 0 bridgehead atoms. The topological polar surface area (TPSA) is 24.5 Å². The molecule has 1 N–H and O–H groups in total. The van der Waals surface area contributed by atoms with Crippen molar-refractivity contribution in [2.45, 2.75) is 30.9 Å². The van der Waals surface area contributed by atoms with Crippen molar-refractivity contribution in [3.8, 4) is 5.75 Å². The van der Waals surface area contributed by atoms with Gasteiger partial charge in [-0.05, 0) is 58.2 Å². The van der Waals surface area contributed by atoms with Gasteiger partial charge in [-0.3, -0.25) is 0 Å². The molecule has 2 aliphatic heterocycles. The molecule has 1 unspecified atom stereocenters. The molecule has 2 aliphatic rings. The maximum atomic E-state index is 6.37. The predicted octanol–water partition coefficient (Wildman–Crippen LogP) is 2.85. The van der Waals surface area contributed by atoms with Gasteiger partial charge in [-0.25, -0.2) is 0 Å². The van der Waals surface area contributed by atoms with Gasteiger partial charge in [-0.2, -0.15) is 0 Å². The highest BCUT2D eigenvalue weighted by atomic mass is 35.5. The second-order valence-electron chi connectivity index (χ2n) is 5.90. The SMILES string of the molecule is CN(C)C1CC2(CCNCC2)Oc2ccc(Cl)cc21. The van der Waals surface area contributed by atoms with Crippen molar-refractivity contribution < 1.29 is 4.74 Å². The van der Waals surface area contributed by atoms with Gasteiger partial charge < -0.3 is 15.0 Å². The van der Waals surface area contributed by atoms with Crippen LogP contribution < -0.4 is 10.1 Å². The van der Waals surface area contributed by atoms with Crippen LogP contribution >= 0.6 is 11.6 Å². The third-order valence-electron chi connectivity index (χ3n) is 4.36. The molecule has 1 fully saturated rings. The molecule has 4 heteroatoms. The minimum absolute atomic E-state index is 0.00101. The van der Waals surface area contributed by atoms with Crippen LogP contribution in [0.25, 0.3) is 0 Å². The molecule has 0 aromatic heterocycles. The second kappa shape index (κ2) is 4.97. The first kappa shape index (κ1) is 13.2. The summed E-state index contributed by atoms with van der Waals surface area (Å²) in [6.07, 6.45) is 3.22. The molecular formula is C15H21ClN2O. The summed E-state index contributed by atoms with van der Waals surface area (Å²) in [5.41, 5.74) is 1.22. The van der Waals surface area contributed by atoms with E-state index in [1.807, 2.05) is 12.1 Å². The summed E-state index contributed by atoms with van der Waals surface area (Å²) >= 11 is 6.14. The van der Waals surface area contributed by atoms with Gasteiger partial charge in [-0.1, -0.05) is 11.6 Å². The quantitative estimate of drug-likeness (QED) is 0.856. The Balaban J connectivity index is 1.99. The number of halogens is 1. The molecule has 0 amide bonds. The van der Waals surface area contributed by atoms with Crippen LogP contribution in [0.5, 0.6) is 5.75 Å². The Morgan fingerprint density at radius 1 is 1.32 bits per heavy atom. The molecule has 104 valence electrons. The zero-order valence-electron chi connectivity index (χ0n) is 11.6. The lowest BCUT2D eigenvalue weighted by atomic mass is 9.80. The number of hydrogen-bond acceptors (Lipinski definition) is 3. The summed E-state index contributed by atoms with van der Waals surface area (Å²) in [5.74, 6) is 1.01. The zero-order chi connectivity index (χ0) is 13.5. The van der Waals surface area contributed by atoms with Crippen LogP contribution in [0.1, 0.15) is 30.9 Å². The number of benzene rings is 1. The summed E-state index contributed by atoms with van der Waals surface area (Å²) < 4.78 is 6.37. The third kappa shape index (κ3) is 2.47. The Morgan fingerprint density at radius 2 is 2.05 bits per heavy atom. The maximum Gasteiger partial charge on any atom is 0.125 e. The highest BCUT2D eigenvalue weighted by Crippen LogP contribution is 2.45. The first-order valence-electron chi connectivity index (χ1n) is 6.95. The normalized spacial score (nSPS) is 25.2. The van der Waals surface area contributed by atoms with E-state index in [0.29, 0.717) is 6.04 Å². The van der Waals surface area contributed by atoms with E-state index in [4.69, 9.17) is 16.3 Å². The number of hydrogen-bond donors (Lipinski definition) is 1. The molecule has 0 aliphatic carbocycles. The van der Waals surface area contributed by atoms with Gasteiger partial charge in [-0.15, -0.1) is 0 Å². The fourth-order valence-corrected chi connectivity index (χ4v) is 3.44. The van der Waals surface area contributed by atoms with Crippen molar-refractivity contribution >= 4 is 11.6 Å². The van der Waals surface area contributed by atoms with Crippen LogP contribution in [-0.2, 0) is 0 Å². The highest BCUT2D eigenvalue weighted by molar-refractivity contribution is 6.30. The lowest BCUT2D eigenvalue weighted by molar-refractivity contribution is -0.0118. The van der Waals surface area contributed by atoms with E-state index in [-0.39, 0.29) is 5.60 Å². The molecule has 3 nitrogen and oxygen atoms in total. The first-order chi connectivity index (χ1) is 9.10. The molecule has 2 heterocycles. The second-order valence-corrected chi connectivity index (χ2v) is 6.34. The van der Waals surface area contributed by atoms with Crippen molar-refractivity contribution in [1.82, 2.24) is 10.2 Å². The molecule has 3 rings (SSSR count). The third-order valence-corrected chi connectivity index (χ3v) is 4.60. The van der Waals surface area contributed by atoms with Gasteiger partial charge in [0.25, 0.3) is 0 Å². The van der Waals surface area contributed by atoms with Crippen molar-refractivity contribution in [3.05, 3.63) is 28.8 Å². The van der Waals surface area contributed by atoms with Crippen LogP contribution in [0.15, 0.2) is 18.2 Å². The minimum atomic E-state index is 0.00101. The van der Waals surface area contributed by atoms with E-state index in [1.165, 1.54) is 5.56 Å². The van der Waals surface area contributed by atoms with Crippen molar-refractivity contribution in [2.75, 3.05) is 27.2 Å². The van der Waals surface area contributed by atoms with Crippen LogP contribution in [0, 0.1) is 0 Å². The van der Waals surface area contributed by atoms with E-state index >= 15 is 0 Å². The van der Waals surface area contributed by atoms with Crippen LogP contribution in [0.2, 0.25) is 5.02 Å². The zero-order valence-corrected chi connectivity index (χ0v) is 12.3. The Hall–Kier alpha value is -0.770. The standard InChI is InChI=1S/C15H21ClN2O/c1-18(2)13-10-15(5-7-17-8-6-15)19-14-4-3-11(16)9-12(13)14/h3-4,9,13,17H,5-8,10H2,1-2H3. The van der Waals surface area contributed by atoms with Crippen LogP contribution in [-0.4, -0.2) is 37.7 Å². The van der Waals surface area contributed by atoms with Gasteiger partial charge in [0.2, 0.25) is 0 Å². The fraction of sp³-hybridized carbons (Fsp3) is 0.600. The number of fused-ring (bicyclic) bond motifs is 1. The number of nitrogens with zero attached hydrogens (tertiary/aromatic N) is 1. The summed E-state index contributed by atoms with van der Waals surface area (Å²) in [7, 11) is 4.27. The van der Waals surface area contributed by atoms with Crippen LogP contribution in [0.4, 0.5) is 0 Å². The molecule has 1 aromatic rings. The maximum absolute atomic E-state index is 6.37. The Bertz CT molecular complexity index is 469. The van der Waals surface area contributed by atoms with Gasteiger partial charge in [0.15, 0.2) is 0 Å². The Morgan fingerprint density at radius 3 is 2.74 bits per heavy atom. The molecule has 1 saturated heterocycles. The average molecular weight is 281 g/mol. The van der Waals surface area contributed by atoms with E-state index in [2.05, 4.69) is 30.4 Å². The number of rotatable bonds is 1. The molecular weight excluding hydrogens is 260 g/mol. The number of ether oxygens (including phenoxy) is 1. The summed E-state index contributed by atoms with van der Waals surface area (Å²) in [5, 5.41) is 4.21. The van der Waals surface area contributed by atoms with Gasteiger partial charge in [0.05, 0.1) is 0 Å². The lowest BCUT2D eigenvalue weighted by Gasteiger charge is -2.46. The minimum Gasteiger partial charge on any atom is -0.487 e. The Kier molecular flexibility index (Phi) is 3.46. The van der Waals surface area contributed by atoms with Gasteiger partial charge in [0.1, 0.15) is 11.4 Å². The van der Waals surface area contributed by atoms with E-state index in [0.717, 1.165) is 43.1 Å². The molecule has 0 saturated carbocycles. The van der Waals surface area contributed by atoms with Crippen molar-refractivity contribution in [1.29, 1.82) is 0 Å². The van der Waals surface area contributed by atoms with Crippen molar-refractivity contribution in [3.63, 3.8) is 0 Å². The summed E-state index contributed by atoms with van der Waals surface area (Å²) in [4.78, 5) is 2.28. The average Bonchev–Trinajstić information content (AvgIpc) is 2.39. The van der Waals surface area contributed by atoms with Gasteiger partial charge >= 0.3 is 0 Å². The Labute approximate surface area is 119 Å². The van der Waals surface area contributed by atoms with Gasteiger partial charge in [0, 0.05) is 23.0 Å². The summed E-state index contributed by atoms with van der Waals surface area (Å²) in [6, 6.07) is 6.39. The summed E-state index contributed by atoms with van der Waals surface area (Å²) in [6.45, 7) is 2.09. The monoisotopic (exact) mass is 280 g/mol. The largest absolute Gasteiger partial charge is 0.487 e. The molecule has 1 spiro atoms. The lowest BCUT2D eigenvalue weighted by Crippen LogP contribution is -2.50. The van der Waals surface area contributed by atoms with E-state index in [9.17, 15) is 0 Å². The van der Waals surface area contributed by atoms with Crippen LogP contribution in [0.3, 0.4) is 0 Å².